The molecule has 3 aromatic carbocycles. The summed E-state index contributed by atoms with van der Waals surface area (Å²) in [5.41, 5.74) is 8.58. The molecule has 5 aromatic heterocycles. The van der Waals surface area contributed by atoms with Crippen molar-refractivity contribution in [2.24, 2.45) is 0 Å². The second kappa shape index (κ2) is 9.47. The van der Waals surface area contributed by atoms with Gasteiger partial charge < -0.3 is 0 Å². The van der Waals surface area contributed by atoms with Crippen LogP contribution in [0.25, 0.3) is 72.7 Å². The minimum atomic E-state index is 0.687. The van der Waals surface area contributed by atoms with E-state index in [1.165, 1.54) is 0 Å². The average molecular weight is 527 g/mol. The van der Waals surface area contributed by atoms with Crippen LogP contribution in [0.5, 0.6) is 0 Å². The smallest absolute Gasteiger partial charge is 0.160 e. The topological polar surface area (TPSA) is 68.9 Å². The van der Waals surface area contributed by atoms with E-state index in [0.717, 1.165) is 66.9 Å². The molecular weight excluding hydrogens is 504 g/mol. The van der Waals surface area contributed by atoms with E-state index in [0.29, 0.717) is 5.82 Å². The van der Waals surface area contributed by atoms with Gasteiger partial charge in [-0.1, -0.05) is 72.8 Å². The molecule has 192 valence electrons. The van der Waals surface area contributed by atoms with E-state index in [2.05, 4.69) is 70.0 Å². The van der Waals surface area contributed by atoms with E-state index >= 15 is 0 Å². The van der Waals surface area contributed by atoms with E-state index in [-0.39, 0.29) is 0 Å². The molecule has 0 unspecified atom stereocenters. The van der Waals surface area contributed by atoms with Crippen LogP contribution in [0, 0.1) is 0 Å². The lowest BCUT2D eigenvalue weighted by Gasteiger charge is -2.10. The summed E-state index contributed by atoms with van der Waals surface area (Å²) in [6, 6.07) is 38.9. The molecule has 0 saturated carbocycles. The first-order valence-electron chi connectivity index (χ1n) is 13.4. The van der Waals surface area contributed by atoms with E-state index < -0.39 is 0 Å². The number of para-hydroxylation sites is 1. The third-order valence-corrected chi connectivity index (χ3v) is 7.37. The summed E-state index contributed by atoms with van der Waals surface area (Å²) in [4.78, 5) is 24.0. The molecule has 41 heavy (non-hydrogen) atoms. The fourth-order valence-electron chi connectivity index (χ4n) is 5.40. The van der Waals surface area contributed by atoms with Gasteiger partial charge in [-0.25, -0.2) is 19.9 Å². The summed E-state index contributed by atoms with van der Waals surface area (Å²) in [6.45, 7) is 0. The van der Waals surface area contributed by atoms with Crippen molar-refractivity contribution in [3.8, 4) is 45.3 Å². The van der Waals surface area contributed by atoms with Gasteiger partial charge >= 0.3 is 0 Å². The number of benzene rings is 3. The van der Waals surface area contributed by atoms with E-state index in [4.69, 9.17) is 19.9 Å². The zero-order valence-corrected chi connectivity index (χ0v) is 21.9. The van der Waals surface area contributed by atoms with Crippen LogP contribution in [0.15, 0.2) is 134 Å². The molecule has 8 aromatic rings. The molecule has 0 aliphatic rings. The molecule has 0 aliphatic carbocycles. The summed E-state index contributed by atoms with van der Waals surface area (Å²) >= 11 is 0. The van der Waals surface area contributed by atoms with Gasteiger partial charge in [0.25, 0.3) is 0 Å². The van der Waals surface area contributed by atoms with Crippen LogP contribution < -0.4 is 0 Å². The summed E-state index contributed by atoms with van der Waals surface area (Å²) in [6.07, 6.45) is 5.41. The Hall–Kier alpha value is -5.75. The van der Waals surface area contributed by atoms with Crippen molar-refractivity contribution >= 4 is 27.5 Å². The Labute approximate surface area is 235 Å². The van der Waals surface area contributed by atoms with Gasteiger partial charge in [0, 0.05) is 51.6 Å². The molecule has 0 atom stereocenters. The van der Waals surface area contributed by atoms with Crippen LogP contribution in [0.1, 0.15) is 0 Å². The van der Waals surface area contributed by atoms with Crippen molar-refractivity contribution in [2.75, 3.05) is 0 Å². The Bertz CT molecular complexity index is 2190. The summed E-state index contributed by atoms with van der Waals surface area (Å²) in [5.74, 6) is 1.51. The van der Waals surface area contributed by atoms with Gasteiger partial charge in [0.15, 0.2) is 5.82 Å². The molecule has 0 fully saturated rings. The maximum atomic E-state index is 5.14. The first-order valence-corrected chi connectivity index (χ1v) is 13.4. The van der Waals surface area contributed by atoms with E-state index in [1.807, 2.05) is 60.8 Å². The summed E-state index contributed by atoms with van der Waals surface area (Å²) in [7, 11) is 0. The molecule has 6 heteroatoms. The number of hydrogen-bond acceptors (Lipinski definition) is 5. The van der Waals surface area contributed by atoms with Crippen molar-refractivity contribution in [1.82, 2.24) is 29.3 Å². The second-order valence-electron chi connectivity index (χ2n) is 9.85. The van der Waals surface area contributed by atoms with Gasteiger partial charge in [-0.2, -0.15) is 0 Å². The van der Waals surface area contributed by atoms with Crippen LogP contribution in [0.2, 0.25) is 0 Å². The van der Waals surface area contributed by atoms with Gasteiger partial charge in [0.05, 0.1) is 22.4 Å². The number of aromatic nitrogens is 6. The lowest BCUT2D eigenvalue weighted by atomic mass is 10.1. The van der Waals surface area contributed by atoms with Crippen LogP contribution in [0.4, 0.5) is 0 Å². The van der Waals surface area contributed by atoms with Gasteiger partial charge in [0.1, 0.15) is 11.5 Å². The molecule has 0 spiro atoms. The lowest BCUT2D eigenvalue weighted by molar-refractivity contribution is 1.17. The molecular formula is C35H22N6. The van der Waals surface area contributed by atoms with E-state index in [1.54, 1.807) is 12.4 Å². The van der Waals surface area contributed by atoms with Crippen molar-refractivity contribution in [1.29, 1.82) is 0 Å². The fraction of sp³-hybridized carbons (Fsp3) is 0. The third-order valence-electron chi connectivity index (χ3n) is 7.37. The summed E-state index contributed by atoms with van der Waals surface area (Å²) in [5, 5.41) is 2.08. The summed E-state index contributed by atoms with van der Waals surface area (Å²) < 4.78 is 2.14. The van der Waals surface area contributed by atoms with Gasteiger partial charge in [-0.05, 0) is 42.5 Å². The largest absolute Gasteiger partial charge is 0.276 e. The number of imidazole rings is 1. The highest BCUT2D eigenvalue weighted by atomic mass is 15.1. The van der Waals surface area contributed by atoms with Crippen LogP contribution in [0.3, 0.4) is 0 Å². The minimum Gasteiger partial charge on any atom is -0.276 e. The van der Waals surface area contributed by atoms with Gasteiger partial charge in [-0.3, -0.25) is 9.38 Å². The van der Waals surface area contributed by atoms with Crippen LogP contribution >= 0.6 is 0 Å². The van der Waals surface area contributed by atoms with Crippen molar-refractivity contribution in [3.05, 3.63) is 134 Å². The average Bonchev–Trinajstić information content (AvgIpc) is 3.45. The Morgan fingerprint density at radius 1 is 0.488 bits per heavy atom. The predicted molar refractivity (Wildman–Crippen MR) is 163 cm³/mol. The van der Waals surface area contributed by atoms with Crippen molar-refractivity contribution in [2.45, 2.75) is 0 Å². The molecule has 5 heterocycles. The molecule has 0 bridgehead atoms. The zero-order valence-electron chi connectivity index (χ0n) is 21.9. The molecule has 8 rings (SSSR count). The highest BCUT2D eigenvalue weighted by molar-refractivity contribution is 5.94. The van der Waals surface area contributed by atoms with Gasteiger partial charge in [-0.15, -0.1) is 0 Å². The highest BCUT2D eigenvalue weighted by Gasteiger charge is 2.18. The molecule has 6 nitrogen and oxygen atoms in total. The van der Waals surface area contributed by atoms with Crippen LogP contribution in [-0.2, 0) is 0 Å². The Morgan fingerprint density at radius 3 is 2.10 bits per heavy atom. The van der Waals surface area contributed by atoms with Gasteiger partial charge in [0.2, 0.25) is 0 Å². The third kappa shape index (κ3) is 3.93. The van der Waals surface area contributed by atoms with Crippen LogP contribution in [-0.4, -0.2) is 29.3 Å². The lowest BCUT2D eigenvalue weighted by Crippen LogP contribution is -1.96. The first-order chi connectivity index (χ1) is 20.3. The van der Waals surface area contributed by atoms with Crippen molar-refractivity contribution in [3.63, 3.8) is 0 Å². The molecule has 0 N–H and O–H groups in total. The molecule has 0 amide bonds. The molecule has 0 radical (unpaired) electrons. The fourth-order valence-corrected chi connectivity index (χ4v) is 5.40. The molecule has 0 saturated heterocycles. The maximum absolute atomic E-state index is 5.14. The van der Waals surface area contributed by atoms with E-state index in [9.17, 15) is 0 Å². The van der Waals surface area contributed by atoms with Crippen molar-refractivity contribution < 1.29 is 0 Å². The standard InChI is InChI=1S/C35H22N6/c1-2-7-23(8-3-1)31-28-10-4-5-11-29(28)38-33(39-31)25-12-14-27(15-13-25)35-40-32(24-18-21-36-22-19-24)30-17-16-26-9-6-20-37-34(26)41(30)35/h1-22H. The number of hydrogen-bond donors (Lipinski definition) is 0. The minimum absolute atomic E-state index is 0.687. The second-order valence-corrected chi connectivity index (χ2v) is 9.85. The first kappa shape index (κ1) is 23.2. The highest BCUT2D eigenvalue weighted by Crippen LogP contribution is 2.34. The molecule has 0 aliphatic heterocycles. The quantitative estimate of drug-likeness (QED) is 0.233. The normalized spacial score (nSPS) is 11.4. The number of rotatable bonds is 4. The zero-order chi connectivity index (χ0) is 27.2. The monoisotopic (exact) mass is 526 g/mol. The Balaban J connectivity index is 1.29. The number of fused-ring (bicyclic) bond motifs is 4. The SMILES string of the molecule is c1ccc(-c2nc(-c3ccc(-c4nc(-c5ccncc5)c5ccc6cccnc6n45)cc3)nc3ccccc23)cc1. The number of nitrogens with zero attached hydrogens (tertiary/aromatic N) is 6. The number of pyridine rings is 3. The predicted octanol–water partition coefficient (Wildman–Crippen LogP) is 7.89. The Morgan fingerprint density at radius 2 is 1.24 bits per heavy atom. The maximum Gasteiger partial charge on any atom is 0.160 e. The Kier molecular flexibility index (Phi) is 5.35.